The van der Waals surface area contributed by atoms with Gasteiger partial charge in [0, 0.05) is 18.8 Å². The van der Waals surface area contributed by atoms with Gasteiger partial charge in [-0.25, -0.2) is 14.8 Å². The molecule has 0 aliphatic heterocycles. The van der Waals surface area contributed by atoms with Crippen molar-refractivity contribution in [1.82, 2.24) is 19.9 Å². The van der Waals surface area contributed by atoms with Crippen molar-refractivity contribution < 1.29 is 9.90 Å². The zero-order valence-electron chi connectivity index (χ0n) is 11.7. The number of hydrogen-bond donors (Lipinski definition) is 3. The van der Waals surface area contributed by atoms with Crippen molar-refractivity contribution in [3.8, 4) is 0 Å². The molecular formula is C13H18ClN5O2. The average molecular weight is 312 g/mol. The third kappa shape index (κ3) is 3.55. The number of pyridine rings is 1. The number of amides is 1. The number of nitrogens with one attached hydrogen (secondary N) is 1. The van der Waals surface area contributed by atoms with Crippen molar-refractivity contribution in [1.29, 1.82) is 0 Å². The molecule has 1 atom stereocenters. The van der Waals surface area contributed by atoms with Gasteiger partial charge in [-0.1, -0.05) is 11.6 Å². The Morgan fingerprint density at radius 2 is 2.33 bits per heavy atom. The quantitative estimate of drug-likeness (QED) is 0.561. The summed E-state index contributed by atoms with van der Waals surface area (Å²) in [7, 11) is 0. The molecule has 2 heterocycles. The van der Waals surface area contributed by atoms with Crippen LogP contribution in [0.2, 0.25) is 5.15 Å². The third-order valence-electron chi connectivity index (χ3n) is 3.35. The Morgan fingerprint density at radius 3 is 3.05 bits per heavy atom. The first-order valence-electron chi connectivity index (χ1n) is 6.75. The molecule has 0 radical (unpaired) electrons. The molecule has 0 aliphatic carbocycles. The Labute approximate surface area is 127 Å². The van der Waals surface area contributed by atoms with E-state index in [2.05, 4.69) is 15.3 Å². The number of nitrogen functional groups attached to an aromatic ring is 1. The molecular weight excluding hydrogens is 294 g/mol. The van der Waals surface area contributed by atoms with Gasteiger partial charge < -0.3 is 20.7 Å². The lowest BCUT2D eigenvalue weighted by atomic mass is 10.1. The van der Waals surface area contributed by atoms with Crippen molar-refractivity contribution in [2.75, 3.05) is 12.3 Å². The van der Waals surface area contributed by atoms with Gasteiger partial charge in [-0.3, -0.25) is 0 Å². The van der Waals surface area contributed by atoms with E-state index in [1.54, 1.807) is 12.3 Å². The van der Waals surface area contributed by atoms with Gasteiger partial charge in [0.1, 0.15) is 5.52 Å². The summed E-state index contributed by atoms with van der Waals surface area (Å²) in [6.07, 6.45) is 3.10. The normalized spacial score (nSPS) is 12.5. The molecule has 4 N–H and O–H groups in total. The number of aromatic nitrogens is 3. The highest BCUT2D eigenvalue weighted by molar-refractivity contribution is 6.33. The number of halogens is 1. The van der Waals surface area contributed by atoms with Gasteiger partial charge >= 0.3 is 6.09 Å². The maximum atomic E-state index is 10.4. The minimum atomic E-state index is -0.995. The maximum Gasteiger partial charge on any atom is 0.404 e. The number of imidazole rings is 1. The predicted molar refractivity (Wildman–Crippen MR) is 81.5 cm³/mol. The molecule has 8 heteroatoms. The van der Waals surface area contributed by atoms with E-state index in [-0.39, 0.29) is 6.04 Å². The first-order valence-corrected chi connectivity index (χ1v) is 7.13. The first kappa shape index (κ1) is 15.4. The topological polar surface area (TPSA) is 106 Å². The number of unbranched alkanes of at least 4 members (excludes halogenated alkanes) is 1. The summed E-state index contributed by atoms with van der Waals surface area (Å²) in [5.41, 5.74) is 7.44. The summed E-state index contributed by atoms with van der Waals surface area (Å²) in [5.74, 6) is 0.413. The summed E-state index contributed by atoms with van der Waals surface area (Å²) >= 11 is 6.14. The second kappa shape index (κ2) is 6.62. The predicted octanol–water partition coefficient (Wildman–Crippen LogP) is 2.67. The zero-order chi connectivity index (χ0) is 15.4. The maximum absolute atomic E-state index is 10.4. The standard InChI is InChI=1S/C13H18ClN5O2/c1-8(4-2-3-6-17-13(20)21)19-10-9(18-12(19)15)5-7-16-11(10)14/h5,7-8,17H,2-4,6H2,1H3,(H2,15,18)(H,20,21). The lowest BCUT2D eigenvalue weighted by Crippen LogP contribution is -2.21. The van der Waals surface area contributed by atoms with Crippen LogP contribution < -0.4 is 11.1 Å². The van der Waals surface area contributed by atoms with Crippen LogP contribution in [0.4, 0.5) is 10.7 Å². The highest BCUT2D eigenvalue weighted by Gasteiger charge is 2.16. The van der Waals surface area contributed by atoms with Crippen LogP contribution in [0, 0.1) is 0 Å². The molecule has 2 aromatic heterocycles. The van der Waals surface area contributed by atoms with E-state index in [4.69, 9.17) is 22.4 Å². The van der Waals surface area contributed by atoms with Crippen LogP contribution in [0.3, 0.4) is 0 Å². The summed E-state index contributed by atoms with van der Waals surface area (Å²) < 4.78 is 1.88. The molecule has 0 bridgehead atoms. The lowest BCUT2D eigenvalue weighted by Gasteiger charge is -2.16. The molecule has 0 spiro atoms. The number of carbonyl (C=O) groups is 1. The molecule has 2 rings (SSSR count). The van der Waals surface area contributed by atoms with E-state index in [1.165, 1.54) is 0 Å². The van der Waals surface area contributed by atoms with Crippen LogP contribution in [0.5, 0.6) is 0 Å². The van der Waals surface area contributed by atoms with Gasteiger partial charge in [-0.15, -0.1) is 0 Å². The van der Waals surface area contributed by atoms with E-state index in [0.717, 1.165) is 30.3 Å². The van der Waals surface area contributed by atoms with Crippen LogP contribution in [-0.2, 0) is 0 Å². The Kier molecular flexibility index (Phi) is 4.85. The molecule has 1 unspecified atom stereocenters. The second-order valence-corrected chi connectivity index (χ2v) is 5.24. The Bertz CT molecular complexity index is 643. The monoisotopic (exact) mass is 311 g/mol. The summed E-state index contributed by atoms with van der Waals surface area (Å²) in [6, 6.07) is 1.89. The van der Waals surface area contributed by atoms with Gasteiger partial charge in [-0.2, -0.15) is 0 Å². The van der Waals surface area contributed by atoms with E-state index in [1.807, 2.05) is 11.5 Å². The molecule has 0 aromatic carbocycles. The number of nitrogens with zero attached hydrogens (tertiary/aromatic N) is 3. The average Bonchev–Trinajstić information content (AvgIpc) is 2.75. The van der Waals surface area contributed by atoms with Gasteiger partial charge in [0.15, 0.2) is 5.15 Å². The molecule has 0 saturated heterocycles. The van der Waals surface area contributed by atoms with Crippen LogP contribution in [0.15, 0.2) is 12.3 Å². The zero-order valence-corrected chi connectivity index (χ0v) is 12.5. The molecule has 2 aromatic rings. The van der Waals surface area contributed by atoms with Crippen molar-refractivity contribution in [3.63, 3.8) is 0 Å². The fourth-order valence-corrected chi connectivity index (χ4v) is 2.60. The lowest BCUT2D eigenvalue weighted by molar-refractivity contribution is 0.194. The molecule has 0 saturated carbocycles. The first-order chi connectivity index (χ1) is 10.0. The van der Waals surface area contributed by atoms with Crippen LogP contribution >= 0.6 is 11.6 Å². The number of rotatable bonds is 6. The summed E-state index contributed by atoms with van der Waals surface area (Å²) in [6.45, 7) is 2.48. The molecule has 21 heavy (non-hydrogen) atoms. The van der Waals surface area contributed by atoms with Gasteiger partial charge in [0.05, 0.1) is 5.52 Å². The summed E-state index contributed by atoms with van der Waals surface area (Å²) in [4.78, 5) is 18.7. The van der Waals surface area contributed by atoms with Crippen molar-refractivity contribution >= 4 is 34.7 Å². The smallest absolute Gasteiger partial charge is 0.404 e. The number of nitrogens with two attached hydrogens (primary N) is 1. The van der Waals surface area contributed by atoms with Crippen LogP contribution in [0.1, 0.15) is 32.2 Å². The number of carboxylic acid groups (broad SMARTS) is 1. The van der Waals surface area contributed by atoms with Crippen molar-refractivity contribution in [2.24, 2.45) is 0 Å². The SMILES string of the molecule is CC(CCCCNC(=O)O)n1c(N)nc2ccnc(Cl)c21. The van der Waals surface area contributed by atoms with Crippen LogP contribution in [0.25, 0.3) is 11.0 Å². The van der Waals surface area contributed by atoms with E-state index < -0.39 is 6.09 Å². The minimum absolute atomic E-state index is 0.113. The molecule has 1 amide bonds. The van der Waals surface area contributed by atoms with Crippen molar-refractivity contribution in [3.05, 3.63) is 17.4 Å². The highest BCUT2D eigenvalue weighted by atomic mass is 35.5. The number of fused-ring (bicyclic) bond motifs is 1. The largest absolute Gasteiger partial charge is 0.465 e. The number of hydrogen-bond acceptors (Lipinski definition) is 4. The Balaban J connectivity index is 2.04. The van der Waals surface area contributed by atoms with Gasteiger partial charge in [0.25, 0.3) is 0 Å². The fraction of sp³-hybridized carbons (Fsp3) is 0.462. The second-order valence-electron chi connectivity index (χ2n) is 4.89. The van der Waals surface area contributed by atoms with E-state index >= 15 is 0 Å². The van der Waals surface area contributed by atoms with Crippen molar-refractivity contribution in [2.45, 2.75) is 32.2 Å². The van der Waals surface area contributed by atoms with Gasteiger partial charge in [-0.05, 0) is 32.3 Å². The third-order valence-corrected chi connectivity index (χ3v) is 3.62. The molecule has 7 nitrogen and oxygen atoms in total. The van der Waals surface area contributed by atoms with Gasteiger partial charge in [0.2, 0.25) is 5.95 Å². The Morgan fingerprint density at radius 1 is 1.57 bits per heavy atom. The van der Waals surface area contributed by atoms with E-state index in [9.17, 15) is 4.79 Å². The van der Waals surface area contributed by atoms with E-state index in [0.29, 0.717) is 17.6 Å². The number of anilines is 1. The molecule has 0 fully saturated rings. The Hall–Kier alpha value is -2.02. The minimum Gasteiger partial charge on any atom is -0.465 e. The van der Waals surface area contributed by atoms with Crippen LogP contribution in [-0.4, -0.2) is 32.3 Å². The molecule has 114 valence electrons. The highest BCUT2D eigenvalue weighted by Crippen LogP contribution is 2.29. The fourth-order valence-electron chi connectivity index (χ4n) is 2.36. The summed E-state index contributed by atoms with van der Waals surface area (Å²) in [5, 5.41) is 11.2. The molecule has 0 aliphatic rings.